The molecule has 32 heavy (non-hydrogen) atoms. The normalized spacial score (nSPS) is 16.3. The van der Waals surface area contributed by atoms with Crippen LogP contribution in [0.15, 0.2) is 36.8 Å². The van der Waals surface area contributed by atoms with E-state index in [4.69, 9.17) is 0 Å². The van der Waals surface area contributed by atoms with Gasteiger partial charge in [0.15, 0.2) is 5.65 Å². The van der Waals surface area contributed by atoms with Gasteiger partial charge in [0.1, 0.15) is 17.9 Å². The lowest BCUT2D eigenvalue weighted by Crippen LogP contribution is -2.28. The van der Waals surface area contributed by atoms with E-state index in [0.717, 1.165) is 11.6 Å². The number of carbonyl (C=O) groups excluding carboxylic acids is 2. The number of nitrogens with one attached hydrogen (secondary N) is 1. The molecule has 1 N–H and O–H groups in total. The molecule has 1 amide bonds. The summed E-state index contributed by atoms with van der Waals surface area (Å²) in [6.07, 6.45) is 0.161. The zero-order chi connectivity index (χ0) is 23.0. The summed E-state index contributed by atoms with van der Waals surface area (Å²) in [6.45, 7) is 1.41. The lowest BCUT2D eigenvalue weighted by atomic mass is 9.83. The molecule has 1 saturated carbocycles. The van der Waals surface area contributed by atoms with Gasteiger partial charge in [-0.2, -0.15) is 18.3 Å². The lowest BCUT2D eigenvalue weighted by Gasteiger charge is -2.22. The van der Waals surface area contributed by atoms with Gasteiger partial charge < -0.3 is 5.32 Å². The van der Waals surface area contributed by atoms with E-state index in [0.29, 0.717) is 37.4 Å². The standard InChI is InChI=1S/C22H20F4N4O2/c1-12(16-3-2-4-18(19(16)23)22(24,25)26)29-21(32)14-9-17(13-5-7-15(31)8-6-13)20-27-11-28-30(20)10-14/h2-4,9-13H,5-8H2,1H3,(H,29,32)/t12-/m1/s1. The number of hydrogen-bond acceptors (Lipinski definition) is 4. The van der Waals surface area contributed by atoms with Gasteiger partial charge in [0.05, 0.1) is 17.2 Å². The first-order valence-corrected chi connectivity index (χ1v) is 10.2. The topological polar surface area (TPSA) is 76.4 Å². The number of rotatable bonds is 4. The Hall–Kier alpha value is -3.30. The van der Waals surface area contributed by atoms with Crippen LogP contribution in [-0.2, 0) is 11.0 Å². The van der Waals surface area contributed by atoms with Crippen molar-refractivity contribution >= 4 is 17.3 Å². The summed E-state index contributed by atoms with van der Waals surface area (Å²) in [6, 6.07) is 3.63. The molecule has 0 spiro atoms. The Bertz CT molecular complexity index is 1180. The van der Waals surface area contributed by atoms with Crippen LogP contribution in [0.2, 0.25) is 0 Å². The first-order chi connectivity index (χ1) is 15.1. The smallest absolute Gasteiger partial charge is 0.345 e. The van der Waals surface area contributed by atoms with Gasteiger partial charge in [-0.15, -0.1) is 0 Å². The highest BCUT2D eigenvalue weighted by Gasteiger charge is 2.35. The summed E-state index contributed by atoms with van der Waals surface area (Å²) in [5.74, 6) is -1.76. The fraction of sp³-hybridized carbons (Fsp3) is 0.364. The van der Waals surface area contributed by atoms with Crippen LogP contribution in [-0.4, -0.2) is 26.3 Å². The fourth-order valence-corrected chi connectivity index (χ4v) is 4.09. The first-order valence-electron chi connectivity index (χ1n) is 10.2. The molecule has 1 aromatic carbocycles. The molecule has 0 aliphatic heterocycles. The molecule has 10 heteroatoms. The molecular formula is C22H20F4N4O2. The highest BCUT2D eigenvalue weighted by Crippen LogP contribution is 2.35. The Morgan fingerprint density at radius 1 is 1.25 bits per heavy atom. The Kier molecular flexibility index (Phi) is 5.70. The summed E-state index contributed by atoms with van der Waals surface area (Å²) >= 11 is 0. The number of hydrogen-bond donors (Lipinski definition) is 1. The zero-order valence-electron chi connectivity index (χ0n) is 17.1. The van der Waals surface area contributed by atoms with Crippen LogP contribution in [0, 0.1) is 5.82 Å². The van der Waals surface area contributed by atoms with E-state index in [2.05, 4.69) is 15.4 Å². The molecule has 2 heterocycles. The van der Waals surface area contributed by atoms with Gasteiger partial charge in [0.25, 0.3) is 5.91 Å². The number of amides is 1. The number of benzene rings is 1. The molecule has 0 saturated heterocycles. The third-order valence-electron chi connectivity index (χ3n) is 5.80. The predicted molar refractivity (Wildman–Crippen MR) is 106 cm³/mol. The minimum absolute atomic E-state index is 0.0329. The summed E-state index contributed by atoms with van der Waals surface area (Å²) in [7, 11) is 0. The predicted octanol–water partition coefficient (Wildman–Crippen LogP) is 4.60. The zero-order valence-corrected chi connectivity index (χ0v) is 17.1. The van der Waals surface area contributed by atoms with Crippen molar-refractivity contribution in [2.75, 3.05) is 0 Å². The van der Waals surface area contributed by atoms with E-state index < -0.39 is 29.5 Å². The molecule has 0 bridgehead atoms. The number of Topliss-reactive ketones (excluding diaryl/α,β-unsaturated/α-hetero) is 1. The summed E-state index contributed by atoms with van der Waals surface area (Å²) in [5.41, 5.74) is -0.0668. The third-order valence-corrected chi connectivity index (χ3v) is 5.80. The average Bonchev–Trinajstić information content (AvgIpc) is 3.21. The van der Waals surface area contributed by atoms with Crippen molar-refractivity contribution in [2.24, 2.45) is 0 Å². The number of halogens is 4. The quantitative estimate of drug-likeness (QED) is 0.592. The second-order valence-electron chi connectivity index (χ2n) is 7.93. The van der Waals surface area contributed by atoms with Crippen LogP contribution in [0.5, 0.6) is 0 Å². The second kappa shape index (κ2) is 8.33. The SMILES string of the molecule is C[C@@H](NC(=O)c1cc(C2CCC(=O)CC2)c2ncnn2c1)c1cccc(C(F)(F)F)c1F. The van der Waals surface area contributed by atoms with Crippen molar-refractivity contribution in [2.45, 2.75) is 50.7 Å². The van der Waals surface area contributed by atoms with Crippen molar-refractivity contribution in [3.05, 3.63) is 64.9 Å². The van der Waals surface area contributed by atoms with E-state index in [1.807, 2.05) is 0 Å². The highest BCUT2D eigenvalue weighted by molar-refractivity contribution is 5.95. The molecule has 2 aromatic heterocycles. The maximum atomic E-state index is 14.5. The van der Waals surface area contributed by atoms with E-state index in [-0.39, 0.29) is 22.8 Å². The lowest BCUT2D eigenvalue weighted by molar-refractivity contribution is -0.140. The van der Waals surface area contributed by atoms with Gasteiger partial charge in [-0.25, -0.2) is 13.9 Å². The van der Waals surface area contributed by atoms with Crippen LogP contribution >= 0.6 is 0 Å². The number of alkyl halides is 3. The molecule has 4 rings (SSSR count). The molecule has 3 aromatic rings. The highest BCUT2D eigenvalue weighted by atomic mass is 19.4. The summed E-state index contributed by atoms with van der Waals surface area (Å²) < 4.78 is 55.0. The van der Waals surface area contributed by atoms with E-state index in [9.17, 15) is 27.2 Å². The second-order valence-corrected chi connectivity index (χ2v) is 7.93. The molecular weight excluding hydrogens is 428 g/mol. The maximum Gasteiger partial charge on any atom is 0.419 e. The van der Waals surface area contributed by atoms with E-state index in [1.54, 1.807) is 6.07 Å². The van der Waals surface area contributed by atoms with Crippen molar-refractivity contribution in [1.82, 2.24) is 19.9 Å². The summed E-state index contributed by atoms with van der Waals surface area (Å²) in [5, 5.41) is 6.66. The Labute approximate surface area is 180 Å². The minimum atomic E-state index is -4.84. The van der Waals surface area contributed by atoms with Gasteiger partial charge in [-0.3, -0.25) is 9.59 Å². The van der Waals surface area contributed by atoms with E-state index >= 15 is 0 Å². The van der Waals surface area contributed by atoms with Crippen molar-refractivity contribution in [3.8, 4) is 0 Å². The fourth-order valence-electron chi connectivity index (χ4n) is 4.09. The van der Waals surface area contributed by atoms with Crippen molar-refractivity contribution < 1.29 is 27.2 Å². The molecule has 1 fully saturated rings. The largest absolute Gasteiger partial charge is 0.419 e. The van der Waals surface area contributed by atoms with Gasteiger partial charge in [0.2, 0.25) is 0 Å². The van der Waals surface area contributed by atoms with Crippen LogP contribution in [0.3, 0.4) is 0 Å². The minimum Gasteiger partial charge on any atom is -0.345 e. The van der Waals surface area contributed by atoms with Gasteiger partial charge >= 0.3 is 6.18 Å². The summed E-state index contributed by atoms with van der Waals surface area (Å²) in [4.78, 5) is 28.7. The van der Waals surface area contributed by atoms with E-state index in [1.165, 1.54) is 30.0 Å². The van der Waals surface area contributed by atoms with Gasteiger partial charge in [0, 0.05) is 30.2 Å². The average molecular weight is 448 g/mol. The van der Waals surface area contributed by atoms with Crippen LogP contribution in [0.4, 0.5) is 17.6 Å². The van der Waals surface area contributed by atoms with Crippen molar-refractivity contribution in [3.63, 3.8) is 0 Å². The molecule has 1 aliphatic rings. The Morgan fingerprint density at radius 3 is 2.66 bits per heavy atom. The van der Waals surface area contributed by atoms with Crippen LogP contribution < -0.4 is 5.32 Å². The molecule has 6 nitrogen and oxygen atoms in total. The number of fused-ring (bicyclic) bond motifs is 1. The number of nitrogens with zero attached hydrogens (tertiary/aromatic N) is 3. The number of aromatic nitrogens is 3. The Balaban J connectivity index is 1.61. The molecule has 1 atom stereocenters. The maximum absolute atomic E-state index is 14.5. The molecule has 1 aliphatic carbocycles. The van der Waals surface area contributed by atoms with Crippen LogP contribution in [0.1, 0.15) is 71.6 Å². The Morgan fingerprint density at radius 2 is 1.97 bits per heavy atom. The molecule has 168 valence electrons. The number of pyridine rings is 1. The monoisotopic (exact) mass is 448 g/mol. The van der Waals surface area contributed by atoms with Gasteiger partial charge in [-0.1, -0.05) is 12.1 Å². The first kappa shape index (κ1) is 21.9. The van der Waals surface area contributed by atoms with Gasteiger partial charge in [-0.05, 0) is 37.8 Å². The van der Waals surface area contributed by atoms with Crippen molar-refractivity contribution in [1.29, 1.82) is 0 Å². The molecule has 0 unspecified atom stereocenters. The number of carbonyl (C=O) groups is 2. The number of ketones is 1. The van der Waals surface area contributed by atoms with Crippen LogP contribution in [0.25, 0.3) is 5.65 Å². The third kappa shape index (κ3) is 4.21. The molecule has 0 radical (unpaired) electrons.